The minimum atomic E-state index is -5.73. The van der Waals surface area contributed by atoms with Crippen LogP contribution in [0.4, 0.5) is 0 Å². The Kier molecular flexibility index (Phi) is 14.8. The number of nitrogens with one attached hydrogen (secondary N) is 1. The molecular formula is C19H32N3O16P3S2. The third-order valence-corrected chi connectivity index (χ3v) is 11.8. The number of rotatable bonds is 17. The molecule has 0 spiro atoms. The van der Waals surface area contributed by atoms with Crippen molar-refractivity contribution in [3.05, 3.63) is 32.6 Å². The largest absolute Gasteiger partial charge is 0.490 e. The highest BCUT2D eigenvalue weighted by Crippen LogP contribution is 2.66. The summed E-state index contributed by atoms with van der Waals surface area (Å²) in [5.41, 5.74) is 3.94. The van der Waals surface area contributed by atoms with E-state index in [0.717, 1.165) is 10.8 Å². The number of methoxy groups -OCH3 is 1. The van der Waals surface area contributed by atoms with Crippen LogP contribution in [0.3, 0.4) is 0 Å². The molecule has 1 saturated heterocycles. The number of nitrogens with two attached hydrogens (primary N) is 1. The summed E-state index contributed by atoms with van der Waals surface area (Å²) in [5, 5.41) is 0. The van der Waals surface area contributed by atoms with E-state index in [9.17, 15) is 33.1 Å². The maximum atomic E-state index is 12.6. The van der Waals surface area contributed by atoms with Gasteiger partial charge in [0.2, 0.25) is 0 Å². The summed E-state index contributed by atoms with van der Waals surface area (Å²) in [5.74, 6) is 5.60. The van der Waals surface area contributed by atoms with E-state index in [4.69, 9.17) is 34.5 Å². The Bertz CT molecular complexity index is 1410. The second kappa shape index (κ2) is 16.6. The SMILES string of the molecule is COCOC1C[C@H](n2cc(C#CCOCSSC(C)(C)CN)c(=O)[nH]c2=O)O[C@@H]1COP(=O)(O)OP(=O)(O)OP(=O)(O)O. The van der Waals surface area contributed by atoms with Gasteiger partial charge in [0.25, 0.3) is 5.56 Å². The van der Waals surface area contributed by atoms with Gasteiger partial charge in [-0.25, -0.2) is 18.5 Å². The highest BCUT2D eigenvalue weighted by atomic mass is 33.1. The van der Waals surface area contributed by atoms with Gasteiger partial charge in [0.1, 0.15) is 37.2 Å². The average Bonchev–Trinajstić information content (AvgIpc) is 3.27. The van der Waals surface area contributed by atoms with Gasteiger partial charge >= 0.3 is 29.2 Å². The number of ether oxygens (including phenoxy) is 4. The fraction of sp³-hybridized carbons (Fsp3) is 0.684. The summed E-state index contributed by atoms with van der Waals surface area (Å²) in [6.07, 6.45) is -2.20. The second-order valence-electron chi connectivity index (χ2n) is 9.01. The molecule has 246 valence electrons. The van der Waals surface area contributed by atoms with Crippen LogP contribution >= 0.6 is 45.1 Å². The zero-order valence-electron chi connectivity index (χ0n) is 22.9. The van der Waals surface area contributed by atoms with Crippen molar-refractivity contribution in [2.24, 2.45) is 5.73 Å². The van der Waals surface area contributed by atoms with Gasteiger partial charge in [0.15, 0.2) is 0 Å². The first-order valence-electron chi connectivity index (χ1n) is 11.8. The van der Waals surface area contributed by atoms with Crippen LogP contribution in [0.25, 0.3) is 0 Å². The van der Waals surface area contributed by atoms with E-state index in [-0.39, 0.29) is 30.1 Å². The van der Waals surface area contributed by atoms with Crippen LogP contribution in [0.15, 0.2) is 15.8 Å². The first kappa shape index (κ1) is 38.3. The Labute approximate surface area is 252 Å². The number of hydrogen-bond acceptors (Lipinski definition) is 15. The summed E-state index contributed by atoms with van der Waals surface area (Å²) < 4.78 is 68.8. The molecule has 5 atom stereocenters. The molecule has 1 aliphatic heterocycles. The Hall–Kier alpha value is -0.850. The van der Waals surface area contributed by atoms with Crippen molar-refractivity contribution in [3.8, 4) is 11.8 Å². The van der Waals surface area contributed by atoms with Crippen molar-refractivity contribution in [3.63, 3.8) is 0 Å². The summed E-state index contributed by atoms with van der Waals surface area (Å²) >= 11 is 0. The smallest absolute Gasteiger partial charge is 0.359 e. The lowest BCUT2D eigenvalue weighted by Gasteiger charge is -2.21. The number of nitrogens with zero attached hydrogens (tertiary/aromatic N) is 1. The molecule has 0 saturated carbocycles. The summed E-state index contributed by atoms with van der Waals surface area (Å²) in [4.78, 5) is 63.3. The van der Waals surface area contributed by atoms with Crippen molar-refractivity contribution in [2.45, 2.75) is 43.5 Å². The van der Waals surface area contributed by atoms with Gasteiger partial charge in [-0.2, -0.15) is 8.62 Å². The molecule has 24 heteroatoms. The molecule has 43 heavy (non-hydrogen) atoms. The number of H-pyrrole nitrogens is 1. The zero-order valence-corrected chi connectivity index (χ0v) is 27.2. The van der Waals surface area contributed by atoms with E-state index in [1.165, 1.54) is 17.9 Å². The van der Waals surface area contributed by atoms with Gasteiger partial charge in [0, 0.05) is 31.0 Å². The molecule has 2 heterocycles. The minimum Gasteiger partial charge on any atom is -0.359 e. The third kappa shape index (κ3) is 14.0. The molecule has 0 aliphatic carbocycles. The van der Waals surface area contributed by atoms with Gasteiger partial charge < -0.3 is 44.3 Å². The molecule has 7 N–H and O–H groups in total. The number of phosphoric acid groups is 3. The van der Waals surface area contributed by atoms with Gasteiger partial charge in [-0.05, 0) is 13.8 Å². The van der Waals surface area contributed by atoms with E-state index in [2.05, 4.69) is 30.0 Å². The van der Waals surface area contributed by atoms with Crippen molar-refractivity contribution in [2.75, 3.05) is 39.6 Å². The lowest BCUT2D eigenvalue weighted by atomic mass is 10.2. The molecule has 1 aromatic rings. The van der Waals surface area contributed by atoms with E-state index >= 15 is 0 Å². The van der Waals surface area contributed by atoms with Gasteiger partial charge in [0.05, 0.1) is 12.7 Å². The van der Waals surface area contributed by atoms with Crippen LogP contribution in [0.1, 0.15) is 32.1 Å². The molecule has 1 aromatic heterocycles. The van der Waals surface area contributed by atoms with Crippen molar-refractivity contribution in [1.82, 2.24) is 9.55 Å². The number of hydrogen-bond donors (Lipinski definition) is 6. The van der Waals surface area contributed by atoms with E-state index < -0.39 is 59.8 Å². The molecular weight excluding hydrogens is 683 g/mol. The normalized spacial score (nSPS) is 22.0. The van der Waals surface area contributed by atoms with Crippen LogP contribution in [-0.2, 0) is 45.8 Å². The predicted octanol–water partition coefficient (Wildman–Crippen LogP) is 0.601. The number of phosphoric ester groups is 1. The van der Waals surface area contributed by atoms with Crippen LogP contribution in [0.2, 0.25) is 0 Å². The number of aromatic nitrogens is 2. The molecule has 0 radical (unpaired) electrons. The van der Waals surface area contributed by atoms with Crippen LogP contribution in [0.5, 0.6) is 0 Å². The molecule has 1 aliphatic rings. The number of aromatic amines is 1. The van der Waals surface area contributed by atoms with Crippen molar-refractivity contribution >= 4 is 45.1 Å². The molecule has 3 unspecified atom stereocenters. The predicted molar refractivity (Wildman–Crippen MR) is 152 cm³/mol. The third-order valence-electron chi connectivity index (χ3n) is 4.98. The van der Waals surface area contributed by atoms with Crippen LogP contribution in [0, 0.1) is 11.8 Å². The Morgan fingerprint density at radius 3 is 2.51 bits per heavy atom. The lowest BCUT2D eigenvalue weighted by molar-refractivity contribution is -0.107. The summed E-state index contributed by atoms with van der Waals surface area (Å²) in [6.45, 7) is 3.35. The first-order valence-corrected chi connectivity index (χ1v) is 18.7. The first-order chi connectivity index (χ1) is 19.9. The molecule has 0 bridgehead atoms. The fourth-order valence-corrected chi connectivity index (χ4v) is 8.21. The standard InChI is InChI=1S/C19H32N3O16P3S2/c1-19(2,10-20)43-42-12-33-6-4-5-13-8-22(18(24)21-17(13)23)16-7-14(34-11-32-3)15(36-16)9-35-40(28,29)38-41(30,31)37-39(25,26)27/h8,14-16H,6-7,9-12,20H2,1-3H3,(H,28,29)(H,30,31)(H,21,23,24)(H2,25,26,27)/t14?,15-,16-/m1/s1. The quantitative estimate of drug-likeness (QED) is 0.0423. The van der Waals surface area contributed by atoms with Gasteiger partial charge in [-0.3, -0.25) is 18.9 Å². The zero-order chi connectivity index (χ0) is 32.5. The second-order valence-corrected chi connectivity index (χ2v) is 16.4. The molecule has 19 nitrogen and oxygen atoms in total. The average molecular weight is 716 g/mol. The van der Waals surface area contributed by atoms with Crippen LogP contribution in [-0.4, -0.2) is 85.7 Å². The Morgan fingerprint density at radius 2 is 1.88 bits per heavy atom. The fourth-order valence-electron chi connectivity index (χ4n) is 3.09. The summed E-state index contributed by atoms with van der Waals surface area (Å²) in [6, 6.07) is 0. The monoisotopic (exact) mass is 715 g/mol. The molecule has 0 amide bonds. The molecule has 1 fully saturated rings. The Balaban J connectivity index is 2.10. The Morgan fingerprint density at radius 1 is 1.19 bits per heavy atom. The van der Waals surface area contributed by atoms with Crippen molar-refractivity contribution < 1.29 is 65.4 Å². The van der Waals surface area contributed by atoms with Gasteiger partial charge in [-0.1, -0.05) is 33.4 Å². The van der Waals surface area contributed by atoms with Gasteiger partial charge in [-0.15, -0.1) is 0 Å². The highest BCUT2D eigenvalue weighted by Gasteiger charge is 2.43. The van der Waals surface area contributed by atoms with Crippen molar-refractivity contribution in [1.29, 1.82) is 0 Å². The molecule has 2 rings (SSSR count). The summed E-state index contributed by atoms with van der Waals surface area (Å²) in [7, 11) is -12.4. The maximum absolute atomic E-state index is 12.6. The van der Waals surface area contributed by atoms with E-state index in [1.54, 1.807) is 10.8 Å². The topological polar surface area (TPSA) is 278 Å². The van der Waals surface area contributed by atoms with Crippen LogP contribution < -0.4 is 17.0 Å². The minimum absolute atomic E-state index is 0.00921. The highest BCUT2D eigenvalue weighted by molar-refractivity contribution is 8.77. The lowest BCUT2D eigenvalue weighted by Crippen LogP contribution is -2.33. The van der Waals surface area contributed by atoms with E-state index in [0.29, 0.717) is 12.5 Å². The van der Waals surface area contributed by atoms with E-state index in [1.807, 2.05) is 13.8 Å². The molecule has 0 aromatic carbocycles. The maximum Gasteiger partial charge on any atom is 0.490 e.